The third-order valence-corrected chi connectivity index (χ3v) is 2.65. The second-order valence-corrected chi connectivity index (χ2v) is 4.12. The lowest BCUT2D eigenvalue weighted by molar-refractivity contribution is -0.115. The average Bonchev–Trinajstić information content (AvgIpc) is 2.09. The van der Waals surface area contributed by atoms with E-state index >= 15 is 0 Å². The van der Waals surface area contributed by atoms with Gasteiger partial charge in [-0.2, -0.15) is 0 Å². The fourth-order valence-corrected chi connectivity index (χ4v) is 1.84. The molecule has 4 heteroatoms. The first-order valence-electron chi connectivity index (χ1n) is 3.88. The first kappa shape index (κ1) is 10.8. The van der Waals surface area contributed by atoms with E-state index in [-0.39, 0.29) is 5.91 Å². The fraction of sp³-hybridized carbons (Fsp3) is 0.222. The molecule has 1 N–H and O–H groups in total. The van der Waals surface area contributed by atoms with Crippen molar-refractivity contribution >= 4 is 45.8 Å². The Labute approximate surface area is 95.8 Å². The molecule has 0 fully saturated rings. The van der Waals surface area contributed by atoms with Gasteiger partial charge in [-0.15, -0.1) is 0 Å². The Kier molecular flexibility index (Phi) is 3.99. The first-order valence-corrected chi connectivity index (χ1v) is 5.34. The monoisotopic (exact) mass is 309 g/mol. The van der Waals surface area contributed by atoms with E-state index in [1.54, 1.807) is 12.1 Å². The second-order valence-electron chi connectivity index (χ2n) is 2.53. The van der Waals surface area contributed by atoms with E-state index in [0.717, 1.165) is 9.26 Å². The van der Waals surface area contributed by atoms with Gasteiger partial charge < -0.3 is 5.32 Å². The Morgan fingerprint density at radius 1 is 1.62 bits per heavy atom. The van der Waals surface area contributed by atoms with Gasteiger partial charge in [-0.25, -0.2) is 0 Å². The molecule has 2 nitrogen and oxygen atoms in total. The summed E-state index contributed by atoms with van der Waals surface area (Å²) in [5, 5.41) is 3.46. The van der Waals surface area contributed by atoms with E-state index in [1.807, 2.05) is 13.0 Å². The Hall–Kier alpha value is -0.290. The van der Waals surface area contributed by atoms with Gasteiger partial charge in [0, 0.05) is 15.0 Å². The molecule has 0 aliphatic carbocycles. The summed E-state index contributed by atoms with van der Waals surface area (Å²) in [6.45, 7) is 1.82. The molecular weight excluding hydrogens is 300 g/mol. The molecule has 0 spiro atoms. The maximum atomic E-state index is 11.1. The second kappa shape index (κ2) is 4.81. The van der Waals surface area contributed by atoms with Crippen molar-refractivity contribution in [3.8, 4) is 0 Å². The summed E-state index contributed by atoms with van der Waals surface area (Å²) in [5.41, 5.74) is 0.817. The van der Waals surface area contributed by atoms with Gasteiger partial charge in [-0.1, -0.05) is 18.5 Å². The highest BCUT2D eigenvalue weighted by Crippen LogP contribution is 2.22. The van der Waals surface area contributed by atoms with Gasteiger partial charge in [0.2, 0.25) is 5.91 Å². The maximum Gasteiger partial charge on any atom is 0.224 e. The summed E-state index contributed by atoms with van der Waals surface area (Å²) in [5.74, 6) is 0.0141. The number of hydrogen-bond donors (Lipinski definition) is 1. The van der Waals surface area contributed by atoms with Crippen molar-refractivity contribution in [2.75, 3.05) is 5.32 Å². The van der Waals surface area contributed by atoms with Gasteiger partial charge in [-0.05, 0) is 40.8 Å². The van der Waals surface area contributed by atoms with Crippen LogP contribution in [0, 0.1) is 3.57 Å². The Bertz CT molecular complexity index is 327. The Morgan fingerprint density at radius 3 is 2.85 bits per heavy atom. The maximum absolute atomic E-state index is 11.1. The number of halogens is 2. The highest BCUT2D eigenvalue weighted by atomic mass is 127. The SMILES string of the molecule is CCC(=O)Nc1ccc(Cl)cc1I. The van der Waals surface area contributed by atoms with Crippen molar-refractivity contribution in [2.24, 2.45) is 0 Å². The molecule has 1 aromatic rings. The molecule has 0 aliphatic rings. The van der Waals surface area contributed by atoms with E-state index < -0.39 is 0 Å². The minimum Gasteiger partial charge on any atom is -0.325 e. The molecule has 0 aliphatic heterocycles. The lowest BCUT2D eigenvalue weighted by Crippen LogP contribution is -2.10. The summed E-state index contributed by atoms with van der Waals surface area (Å²) in [6.07, 6.45) is 0.485. The van der Waals surface area contributed by atoms with Crippen LogP contribution in [0.5, 0.6) is 0 Å². The van der Waals surface area contributed by atoms with Crippen LogP contribution >= 0.6 is 34.2 Å². The summed E-state index contributed by atoms with van der Waals surface area (Å²) in [4.78, 5) is 11.1. The molecule has 70 valence electrons. The summed E-state index contributed by atoms with van der Waals surface area (Å²) >= 11 is 7.91. The molecule has 13 heavy (non-hydrogen) atoms. The van der Waals surface area contributed by atoms with Crippen LogP contribution in [0.1, 0.15) is 13.3 Å². The molecule has 0 radical (unpaired) electrons. The molecule has 0 bridgehead atoms. The smallest absolute Gasteiger partial charge is 0.224 e. The number of rotatable bonds is 2. The van der Waals surface area contributed by atoms with Crippen molar-refractivity contribution in [2.45, 2.75) is 13.3 Å². The van der Waals surface area contributed by atoms with Crippen LogP contribution in [0.4, 0.5) is 5.69 Å². The normalized spacial score (nSPS) is 9.77. The zero-order chi connectivity index (χ0) is 9.84. The molecule has 1 amide bonds. The van der Waals surface area contributed by atoms with E-state index in [9.17, 15) is 4.79 Å². The number of carbonyl (C=O) groups is 1. The van der Waals surface area contributed by atoms with Crippen molar-refractivity contribution in [3.05, 3.63) is 26.8 Å². The third kappa shape index (κ3) is 3.15. The Balaban J connectivity index is 2.83. The van der Waals surface area contributed by atoms with Gasteiger partial charge in [0.05, 0.1) is 5.69 Å². The summed E-state index contributed by atoms with van der Waals surface area (Å²) in [6, 6.07) is 5.38. The Morgan fingerprint density at radius 2 is 2.31 bits per heavy atom. The molecule has 0 saturated heterocycles. The number of anilines is 1. The van der Waals surface area contributed by atoms with Crippen LogP contribution in [0.25, 0.3) is 0 Å². The quantitative estimate of drug-likeness (QED) is 0.835. The molecule has 0 atom stereocenters. The van der Waals surface area contributed by atoms with Crippen LogP contribution in [0.3, 0.4) is 0 Å². The van der Waals surface area contributed by atoms with Crippen molar-refractivity contribution in [1.29, 1.82) is 0 Å². The zero-order valence-corrected chi connectivity index (χ0v) is 10.0. The van der Waals surface area contributed by atoms with Gasteiger partial charge in [-0.3, -0.25) is 4.79 Å². The third-order valence-electron chi connectivity index (χ3n) is 1.53. The summed E-state index contributed by atoms with van der Waals surface area (Å²) in [7, 11) is 0. The van der Waals surface area contributed by atoms with Gasteiger partial charge in [0.1, 0.15) is 0 Å². The number of benzene rings is 1. The van der Waals surface area contributed by atoms with Gasteiger partial charge in [0.25, 0.3) is 0 Å². The van der Waals surface area contributed by atoms with E-state index in [1.165, 1.54) is 0 Å². The topological polar surface area (TPSA) is 29.1 Å². The molecular formula is C9H9ClINO. The van der Waals surface area contributed by atoms with Crippen LogP contribution in [-0.2, 0) is 4.79 Å². The number of amides is 1. The lowest BCUT2D eigenvalue weighted by Gasteiger charge is -2.05. The van der Waals surface area contributed by atoms with Gasteiger partial charge >= 0.3 is 0 Å². The van der Waals surface area contributed by atoms with Crippen molar-refractivity contribution in [3.63, 3.8) is 0 Å². The molecule has 1 rings (SSSR count). The highest BCUT2D eigenvalue weighted by molar-refractivity contribution is 14.1. The predicted molar refractivity (Wildman–Crippen MR) is 63.1 cm³/mol. The lowest BCUT2D eigenvalue weighted by atomic mass is 10.3. The highest BCUT2D eigenvalue weighted by Gasteiger charge is 2.03. The zero-order valence-electron chi connectivity index (χ0n) is 7.10. The van der Waals surface area contributed by atoms with E-state index in [4.69, 9.17) is 11.6 Å². The minimum absolute atomic E-state index is 0.0141. The molecule has 0 aromatic heterocycles. The summed E-state index contributed by atoms with van der Waals surface area (Å²) < 4.78 is 0.951. The first-order chi connectivity index (χ1) is 6.13. The molecule has 0 saturated carbocycles. The molecule has 0 heterocycles. The predicted octanol–water partition coefficient (Wildman–Crippen LogP) is 3.29. The van der Waals surface area contributed by atoms with E-state index in [0.29, 0.717) is 11.4 Å². The number of nitrogens with one attached hydrogen (secondary N) is 1. The van der Waals surface area contributed by atoms with Gasteiger partial charge in [0.15, 0.2) is 0 Å². The largest absolute Gasteiger partial charge is 0.325 e. The molecule has 1 aromatic carbocycles. The average molecular weight is 310 g/mol. The van der Waals surface area contributed by atoms with Crippen LogP contribution in [0.2, 0.25) is 5.02 Å². The van der Waals surface area contributed by atoms with Crippen LogP contribution in [-0.4, -0.2) is 5.91 Å². The van der Waals surface area contributed by atoms with Crippen LogP contribution in [0.15, 0.2) is 18.2 Å². The van der Waals surface area contributed by atoms with Crippen molar-refractivity contribution < 1.29 is 4.79 Å². The van der Waals surface area contributed by atoms with Crippen molar-refractivity contribution in [1.82, 2.24) is 0 Å². The fourth-order valence-electron chi connectivity index (χ4n) is 0.829. The molecule has 0 unspecified atom stereocenters. The van der Waals surface area contributed by atoms with Crippen LogP contribution < -0.4 is 5.32 Å². The minimum atomic E-state index is 0.0141. The number of carbonyl (C=O) groups excluding carboxylic acids is 1. The number of hydrogen-bond acceptors (Lipinski definition) is 1. The van der Waals surface area contributed by atoms with E-state index in [2.05, 4.69) is 27.9 Å². The standard InChI is InChI=1S/C9H9ClINO/c1-2-9(13)12-8-4-3-6(10)5-7(8)11/h3-5H,2H2,1H3,(H,12,13).